The summed E-state index contributed by atoms with van der Waals surface area (Å²) in [6.07, 6.45) is 2.75. The third-order valence-electron chi connectivity index (χ3n) is 1.88. The molecule has 1 aromatic heterocycles. The zero-order valence-electron chi connectivity index (χ0n) is 8.12. The van der Waals surface area contributed by atoms with Gasteiger partial charge in [0.1, 0.15) is 0 Å². The number of methoxy groups -OCH3 is 1. The summed E-state index contributed by atoms with van der Waals surface area (Å²) in [6, 6.07) is 3.43. The maximum Gasteiger partial charge on any atom is 0.250 e. The summed E-state index contributed by atoms with van der Waals surface area (Å²) in [5.41, 5.74) is 1.17. The predicted octanol–water partition coefficient (Wildman–Crippen LogP) is 1.19. The Bertz CT molecular complexity index is 317. The van der Waals surface area contributed by atoms with Crippen LogP contribution in [0.25, 0.3) is 0 Å². The van der Waals surface area contributed by atoms with Crippen molar-refractivity contribution in [1.82, 2.24) is 4.57 Å². The van der Waals surface area contributed by atoms with Crippen LogP contribution in [0.5, 0.6) is 0 Å². The van der Waals surface area contributed by atoms with Crippen molar-refractivity contribution in [2.75, 3.05) is 13.7 Å². The molecular weight excluding hydrogens is 166 g/mol. The number of nitrogens with zero attached hydrogens (tertiary/aromatic N) is 1. The lowest BCUT2D eigenvalue weighted by molar-refractivity contribution is 0.190. The molecule has 0 atom stereocenters. The molecule has 1 heterocycles. The van der Waals surface area contributed by atoms with E-state index in [0.29, 0.717) is 6.61 Å². The lowest BCUT2D eigenvalue weighted by Gasteiger charge is -2.05. The second-order valence-electron chi connectivity index (χ2n) is 3.08. The summed E-state index contributed by atoms with van der Waals surface area (Å²) in [5.74, 6) is 0. The number of pyridine rings is 1. The largest absolute Gasteiger partial charge is 0.385 e. The lowest BCUT2D eigenvalue weighted by atomic mass is 10.3. The second-order valence-corrected chi connectivity index (χ2v) is 3.08. The minimum atomic E-state index is 0.0571. The van der Waals surface area contributed by atoms with Crippen molar-refractivity contribution in [3.63, 3.8) is 0 Å². The van der Waals surface area contributed by atoms with Gasteiger partial charge >= 0.3 is 0 Å². The first-order valence-electron chi connectivity index (χ1n) is 4.40. The molecule has 0 spiro atoms. The molecule has 13 heavy (non-hydrogen) atoms. The molecule has 3 heteroatoms. The maximum atomic E-state index is 11.3. The highest BCUT2D eigenvalue weighted by molar-refractivity contribution is 5.06. The van der Waals surface area contributed by atoms with Gasteiger partial charge in [-0.1, -0.05) is 6.07 Å². The van der Waals surface area contributed by atoms with Gasteiger partial charge in [-0.25, -0.2) is 0 Å². The normalized spacial score (nSPS) is 10.3. The van der Waals surface area contributed by atoms with E-state index in [1.165, 1.54) is 0 Å². The lowest BCUT2D eigenvalue weighted by Crippen LogP contribution is -2.19. The Morgan fingerprint density at radius 1 is 1.46 bits per heavy atom. The molecule has 0 fully saturated rings. The van der Waals surface area contributed by atoms with Gasteiger partial charge < -0.3 is 9.30 Å². The minimum Gasteiger partial charge on any atom is -0.385 e. The topological polar surface area (TPSA) is 31.2 Å². The molecule has 0 amide bonds. The number of rotatable bonds is 4. The number of hydrogen-bond donors (Lipinski definition) is 0. The molecule has 1 aromatic rings. The molecule has 0 aliphatic heterocycles. The highest BCUT2D eigenvalue weighted by Crippen LogP contribution is 1.93. The molecule has 72 valence electrons. The van der Waals surface area contributed by atoms with E-state index < -0.39 is 0 Å². The summed E-state index contributed by atoms with van der Waals surface area (Å²) in [7, 11) is 1.67. The number of ether oxygens (including phenoxy) is 1. The Morgan fingerprint density at radius 3 is 2.92 bits per heavy atom. The van der Waals surface area contributed by atoms with Crippen LogP contribution in [0.3, 0.4) is 0 Å². The predicted molar refractivity (Wildman–Crippen MR) is 51.9 cm³/mol. The zero-order valence-corrected chi connectivity index (χ0v) is 8.12. The van der Waals surface area contributed by atoms with Crippen molar-refractivity contribution >= 4 is 0 Å². The first-order valence-corrected chi connectivity index (χ1v) is 4.40. The van der Waals surface area contributed by atoms with Gasteiger partial charge in [0.2, 0.25) is 0 Å². The molecule has 3 nitrogen and oxygen atoms in total. The van der Waals surface area contributed by atoms with Gasteiger partial charge in [-0.05, 0) is 18.9 Å². The molecular formula is C10H15NO2. The maximum absolute atomic E-state index is 11.3. The van der Waals surface area contributed by atoms with Crippen LogP contribution in [-0.2, 0) is 11.3 Å². The molecule has 0 saturated carbocycles. The summed E-state index contributed by atoms with van der Waals surface area (Å²) < 4.78 is 6.63. The average Bonchev–Trinajstić information content (AvgIpc) is 2.11. The van der Waals surface area contributed by atoms with Gasteiger partial charge in [-0.2, -0.15) is 0 Å². The zero-order chi connectivity index (χ0) is 9.68. The molecule has 1 rings (SSSR count). The standard InChI is InChI=1S/C10H15NO2/c1-9-4-5-10(12)11(8-9)6-3-7-13-2/h4-5,8H,3,6-7H2,1-2H3. The van der Waals surface area contributed by atoms with E-state index in [0.717, 1.165) is 18.5 Å². The molecule has 0 aliphatic carbocycles. The fourth-order valence-electron chi connectivity index (χ4n) is 1.20. The molecule has 0 saturated heterocycles. The molecule has 0 unspecified atom stereocenters. The highest BCUT2D eigenvalue weighted by Gasteiger charge is 1.94. The van der Waals surface area contributed by atoms with Crippen LogP contribution in [0.2, 0.25) is 0 Å². The van der Waals surface area contributed by atoms with Gasteiger partial charge in [0.05, 0.1) is 0 Å². The smallest absolute Gasteiger partial charge is 0.250 e. The van der Waals surface area contributed by atoms with E-state index in [-0.39, 0.29) is 5.56 Å². The van der Waals surface area contributed by atoms with E-state index in [2.05, 4.69) is 0 Å². The van der Waals surface area contributed by atoms with Crippen LogP contribution in [0.15, 0.2) is 23.1 Å². The van der Waals surface area contributed by atoms with Crippen LogP contribution >= 0.6 is 0 Å². The Hall–Kier alpha value is -1.09. The van der Waals surface area contributed by atoms with E-state index in [1.807, 2.05) is 19.2 Å². The van der Waals surface area contributed by atoms with Gasteiger partial charge in [-0.15, -0.1) is 0 Å². The summed E-state index contributed by atoms with van der Waals surface area (Å²) >= 11 is 0. The first-order chi connectivity index (χ1) is 6.24. The van der Waals surface area contributed by atoms with Crippen LogP contribution in [-0.4, -0.2) is 18.3 Å². The molecule has 0 bridgehead atoms. The van der Waals surface area contributed by atoms with Crippen LogP contribution in [0.4, 0.5) is 0 Å². The van der Waals surface area contributed by atoms with E-state index in [1.54, 1.807) is 17.7 Å². The van der Waals surface area contributed by atoms with Crippen molar-refractivity contribution in [1.29, 1.82) is 0 Å². The third kappa shape index (κ3) is 3.03. The molecule has 0 aliphatic rings. The second kappa shape index (κ2) is 4.82. The third-order valence-corrected chi connectivity index (χ3v) is 1.88. The van der Waals surface area contributed by atoms with Crippen LogP contribution in [0.1, 0.15) is 12.0 Å². The Balaban J connectivity index is 2.65. The summed E-state index contributed by atoms with van der Waals surface area (Å²) in [6.45, 7) is 3.40. The highest BCUT2D eigenvalue weighted by atomic mass is 16.5. The average molecular weight is 181 g/mol. The SMILES string of the molecule is COCCCn1cc(C)ccc1=O. The Labute approximate surface area is 78.0 Å². The number of aromatic nitrogens is 1. The molecule has 0 radical (unpaired) electrons. The van der Waals surface area contributed by atoms with Crippen LogP contribution < -0.4 is 5.56 Å². The van der Waals surface area contributed by atoms with Gasteiger partial charge in [0.15, 0.2) is 0 Å². The van der Waals surface area contributed by atoms with Gasteiger partial charge in [-0.3, -0.25) is 4.79 Å². The first kappa shape index (κ1) is 9.99. The van der Waals surface area contributed by atoms with Crippen molar-refractivity contribution in [3.8, 4) is 0 Å². The quantitative estimate of drug-likeness (QED) is 0.653. The summed E-state index contributed by atoms with van der Waals surface area (Å²) in [5, 5.41) is 0. The Kier molecular flexibility index (Phi) is 3.71. The van der Waals surface area contributed by atoms with Crippen molar-refractivity contribution in [3.05, 3.63) is 34.2 Å². The number of hydrogen-bond acceptors (Lipinski definition) is 2. The molecule has 0 aromatic carbocycles. The Morgan fingerprint density at radius 2 is 2.23 bits per heavy atom. The van der Waals surface area contributed by atoms with Crippen molar-refractivity contribution in [2.45, 2.75) is 19.9 Å². The van der Waals surface area contributed by atoms with E-state index >= 15 is 0 Å². The van der Waals surface area contributed by atoms with E-state index in [9.17, 15) is 4.79 Å². The van der Waals surface area contributed by atoms with Crippen molar-refractivity contribution < 1.29 is 4.74 Å². The fraction of sp³-hybridized carbons (Fsp3) is 0.500. The molecule has 0 N–H and O–H groups in total. The summed E-state index contributed by atoms with van der Waals surface area (Å²) in [4.78, 5) is 11.3. The van der Waals surface area contributed by atoms with E-state index in [4.69, 9.17) is 4.74 Å². The van der Waals surface area contributed by atoms with Crippen LogP contribution in [0, 0.1) is 6.92 Å². The monoisotopic (exact) mass is 181 g/mol. The number of aryl methyl sites for hydroxylation is 2. The van der Waals surface area contributed by atoms with Gasteiger partial charge in [0, 0.05) is 32.5 Å². The fourth-order valence-corrected chi connectivity index (χ4v) is 1.20. The minimum absolute atomic E-state index is 0.0571. The van der Waals surface area contributed by atoms with Crippen molar-refractivity contribution in [2.24, 2.45) is 0 Å². The van der Waals surface area contributed by atoms with Gasteiger partial charge in [0.25, 0.3) is 5.56 Å².